The molecule has 5 heteroatoms. The fourth-order valence-electron chi connectivity index (χ4n) is 1.95. The largest absolute Gasteiger partial charge is 0.372 e. The lowest BCUT2D eigenvalue weighted by molar-refractivity contribution is 0.611. The summed E-state index contributed by atoms with van der Waals surface area (Å²) in [7, 11) is 1.81. The summed E-state index contributed by atoms with van der Waals surface area (Å²) in [6, 6.07) is 6.71. The molecule has 1 aromatic heterocycles. The van der Waals surface area contributed by atoms with Crippen molar-refractivity contribution in [3.8, 4) is 0 Å². The van der Waals surface area contributed by atoms with Crippen molar-refractivity contribution in [2.45, 2.75) is 26.2 Å². The average Bonchev–Trinajstić information content (AvgIpc) is 2.42. The lowest BCUT2D eigenvalue weighted by atomic mass is 10.1. The first-order valence-corrected chi connectivity index (χ1v) is 7.29. The Morgan fingerprint density at radius 3 is 2.55 bits per heavy atom. The van der Waals surface area contributed by atoms with Crippen molar-refractivity contribution in [3.05, 3.63) is 51.6 Å². The van der Waals surface area contributed by atoms with Crippen LogP contribution in [0, 0.1) is 5.82 Å². The molecule has 0 aliphatic rings. The van der Waals surface area contributed by atoms with Gasteiger partial charge < -0.3 is 5.32 Å². The van der Waals surface area contributed by atoms with Crippen LogP contribution in [0.5, 0.6) is 0 Å². The molecule has 0 saturated carbocycles. The van der Waals surface area contributed by atoms with Gasteiger partial charge in [-0.05, 0) is 33.5 Å². The Labute approximate surface area is 126 Å². The molecule has 0 unspecified atom stereocenters. The van der Waals surface area contributed by atoms with Crippen LogP contribution in [0.2, 0.25) is 0 Å². The molecule has 1 heterocycles. The van der Waals surface area contributed by atoms with Crippen LogP contribution in [0.25, 0.3) is 0 Å². The molecule has 0 fully saturated rings. The summed E-state index contributed by atoms with van der Waals surface area (Å²) < 4.78 is 14.6. The fourth-order valence-corrected chi connectivity index (χ4v) is 2.79. The second-order valence-electron chi connectivity index (χ2n) is 4.86. The van der Waals surface area contributed by atoms with Gasteiger partial charge in [-0.25, -0.2) is 14.4 Å². The number of hydrogen-bond donors (Lipinski definition) is 1. The number of anilines is 1. The van der Waals surface area contributed by atoms with Crippen molar-refractivity contribution >= 4 is 21.7 Å². The third kappa shape index (κ3) is 3.15. The average molecular weight is 338 g/mol. The van der Waals surface area contributed by atoms with Crippen molar-refractivity contribution in [1.29, 1.82) is 0 Å². The molecule has 0 amide bonds. The van der Waals surface area contributed by atoms with Gasteiger partial charge in [-0.1, -0.05) is 32.0 Å². The van der Waals surface area contributed by atoms with E-state index in [2.05, 4.69) is 45.1 Å². The van der Waals surface area contributed by atoms with E-state index in [-0.39, 0.29) is 11.7 Å². The number of nitrogens with one attached hydrogen (secondary N) is 1. The molecule has 0 aliphatic carbocycles. The van der Waals surface area contributed by atoms with E-state index in [9.17, 15) is 4.39 Å². The van der Waals surface area contributed by atoms with Crippen molar-refractivity contribution in [2.75, 3.05) is 12.4 Å². The Hall–Kier alpha value is -1.49. The van der Waals surface area contributed by atoms with E-state index in [1.807, 2.05) is 13.1 Å². The van der Waals surface area contributed by atoms with E-state index >= 15 is 0 Å². The minimum Gasteiger partial charge on any atom is -0.372 e. The third-order valence-electron chi connectivity index (χ3n) is 3.01. The maximum atomic E-state index is 13.7. The molecule has 106 valence electrons. The third-order valence-corrected chi connectivity index (χ3v) is 3.80. The van der Waals surface area contributed by atoms with Gasteiger partial charge in [0, 0.05) is 13.5 Å². The zero-order valence-electron chi connectivity index (χ0n) is 11.7. The normalized spacial score (nSPS) is 10.9. The predicted molar refractivity (Wildman–Crippen MR) is 82.6 cm³/mol. The van der Waals surface area contributed by atoms with Gasteiger partial charge in [0.2, 0.25) is 0 Å². The number of halogens is 2. The highest BCUT2D eigenvalue weighted by atomic mass is 79.9. The molecule has 0 radical (unpaired) electrons. The second kappa shape index (κ2) is 6.31. The first kappa shape index (κ1) is 14.9. The molecule has 20 heavy (non-hydrogen) atoms. The summed E-state index contributed by atoms with van der Waals surface area (Å²) in [5, 5.41) is 3.04. The number of benzene rings is 1. The SMILES string of the molecule is CNc1nc(Cc2ccccc2F)nc(C(C)C)c1Br. The molecule has 0 spiro atoms. The van der Waals surface area contributed by atoms with Gasteiger partial charge >= 0.3 is 0 Å². The Balaban J connectivity index is 2.42. The Morgan fingerprint density at radius 1 is 1.25 bits per heavy atom. The van der Waals surface area contributed by atoms with Crippen LogP contribution in [-0.4, -0.2) is 17.0 Å². The quantitative estimate of drug-likeness (QED) is 0.911. The van der Waals surface area contributed by atoms with Crippen LogP contribution in [0.3, 0.4) is 0 Å². The first-order chi connectivity index (χ1) is 9.52. The molecule has 0 bridgehead atoms. The summed E-state index contributed by atoms with van der Waals surface area (Å²) in [6.07, 6.45) is 0.383. The molecule has 0 atom stereocenters. The summed E-state index contributed by atoms with van der Waals surface area (Å²) in [6.45, 7) is 4.14. The lowest BCUT2D eigenvalue weighted by Gasteiger charge is -2.13. The summed E-state index contributed by atoms with van der Waals surface area (Å²) in [4.78, 5) is 8.99. The molecule has 1 aromatic carbocycles. The van der Waals surface area contributed by atoms with E-state index in [0.717, 1.165) is 16.0 Å². The van der Waals surface area contributed by atoms with Crippen molar-refractivity contribution in [2.24, 2.45) is 0 Å². The van der Waals surface area contributed by atoms with Gasteiger partial charge in [0.25, 0.3) is 0 Å². The minimum atomic E-state index is -0.226. The zero-order valence-corrected chi connectivity index (χ0v) is 13.3. The highest BCUT2D eigenvalue weighted by molar-refractivity contribution is 9.10. The van der Waals surface area contributed by atoms with Gasteiger partial charge in [-0.2, -0.15) is 0 Å². The number of hydrogen-bond acceptors (Lipinski definition) is 3. The molecular weight excluding hydrogens is 321 g/mol. The van der Waals surface area contributed by atoms with Crippen molar-refractivity contribution in [3.63, 3.8) is 0 Å². The van der Waals surface area contributed by atoms with Crippen LogP contribution in [0.4, 0.5) is 10.2 Å². The Bertz CT molecular complexity index is 614. The zero-order chi connectivity index (χ0) is 14.7. The van der Waals surface area contributed by atoms with E-state index in [4.69, 9.17) is 0 Å². The lowest BCUT2D eigenvalue weighted by Crippen LogP contribution is -2.08. The second-order valence-corrected chi connectivity index (χ2v) is 5.65. The monoisotopic (exact) mass is 337 g/mol. The standard InChI is InChI=1S/C15H17BrFN3/c1-9(2)14-13(16)15(18-3)20-12(19-14)8-10-6-4-5-7-11(10)17/h4-7,9H,8H2,1-3H3,(H,18,19,20). The van der Waals surface area contributed by atoms with Gasteiger partial charge in [-0.15, -0.1) is 0 Å². The molecule has 0 aliphatic heterocycles. The van der Waals surface area contributed by atoms with Crippen LogP contribution in [-0.2, 0) is 6.42 Å². The van der Waals surface area contributed by atoms with Gasteiger partial charge in [0.05, 0.1) is 10.2 Å². The van der Waals surface area contributed by atoms with Crippen molar-refractivity contribution in [1.82, 2.24) is 9.97 Å². The van der Waals surface area contributed by atoms with Crippen molar-refractivity contribution < 1.29 is 4.39 Å². The molecule has 3 nitrogen and oxygen atoms in total. The topological polar surface area (TPSA) is 37.8 Å². The minimum absolute atomic E-state index is 0.226. The molecule has 0 saturated heterocycles. The van der Waals surface area contributed by atoms with Gasteiger partial charge in [-0.3, -0.25) is 0 Å². The summed E-state index contributed by atoms with van der Waals surface area (Å²) in [5.41, 5.74) is 1.53. The first-order valence-electron chi connectivity index (χ1n) is 6.50. The number of rotatable bonds is 4. The van der Waals surface area contributed by atoms with E-state index in [1.165, 1.54) is 6.07 Å². The summed E-state index contributed by atoms with van der Waals surface area (Å²) in [5.74, 6) is 1.39. The molecule has 1 N–H and O–H groups in total. The summed E-state index contributed by atoms with van der Waals surface area (Å²) >= 11 is 3.51. The van der Waals surface area contributed by atoms with Gasteiger partial charge in [0.1, 0.15) is 17.5 Å². The van der Waals surface area contributed by atoms with Gasteiger partial charge in [0.15, 0.2) is 0 Å². The number of nitrogens with zero attached hydrogens (tertiary/aromatic N) is 2. The highest BCUT2D eigenvalue weighted by Crippen LogP contribution is 2.29. The predicted octanol–water partition coefficient (Wildman–Crippen LogP) is 4.13. The Morgan fingerprint density at radius 2 is 1.95 bits per heavy atom. The maximum Gasteiger partial charge on any atom is 0.144 e. The fraction of sp³-hybridized carbons (Fsp3) is 0.333. The van der Waals surface area contributed by atoms with Crippen LogP contribution in [0.15, 0.2) is 28.7 Å². The smallest absolute Gasteiger partial charge is 0.144 e. The van der Waals surface area contributed by atoms with E-state index in [0.29, 0.717) is 17.8 Å². The maximum absolute atomic E-state index is 13.7. The highest BCUT2D eigenvalue weighted by Gasteiger charge is 2.15. The van der Waals surface area contributed by atoms with E-state index in [1.54, 1.807) is 12.1 Å². The number of aromatic nitrogens is 2. The molecular formula is C15H17BrFN3. The van der Waals surface area contributed by atoms with Crippen LogP contribution >= 0.6 is 15.9 Å². The Kier molecular flexibility index (Phi) is 4.70. The van der Waals surface area contributed by atoms with Crippen LogP contribution < -0.4 is 5.32 Å². The van der Waals surface area contributed by atoms with E-state index < -0.39 is 0 Å². The molecule has 2 rings (SSSR count). The molecule has 2 aromatic rings. The van der Waals surface area contributed by atoms with Crippen LogP contribution in [0.1, 0.15) is 36.8 Å².